The molecule has 0 fully saturated rings. The highest BCUT2D eigenvalue weighted by Crippen LogP contribution is 2.30. The van der Waals surface area contributed by atoms with E-state index >= 15 is 0 Å². The third-order valence-corrected chi connectivity index (χ3v) is 5.44. The lowest BCUT2D eigenvalue weighted by Crippen LogP contribution is -2.05. The first kappa shape index (κ1) is 21.1. The third-order valence-electron chi connectivity index (χ3n) is 4.72. The predicted octanol–water partition coefficient (Wildman–Crippen LogP) is 5.53. The molecule has 0 radical (unpaired) electrons. The van der Waals surface area contributed by atoms with Gasteiger partial charge in [-0.2, -0.15) is 0 Å². The van der Waals surface area contributed by atoms with E-state index in [9.17, 15) is 4.79 Å². The van der Waals surface area contributed by atoms with Crippen molar-refractivity contribution in [1.82, 2.24) is 0 Å². The number of rotatable bonds is 6. The Morgan fingerprint density at radius 2 is 1.74 bits per heavy atom. The summed E-state index contributed by atoms with van der Waals surface area (Å²) in [5, 5.41) is 0. The average molecular weight is 525 g/mol. The molecule has 0 saturated carbocycles. The number of carbonyl (C=O) groups excluding carboxylic acids is 1. The van der Waals surface area contributed by atoms with Crippen LogP contribution in [0.4, 0.5) is 0 Å². The highest BCUT2D eigenvalue weighted by Gasteiger charge is 2.24. The van der Waals surface area contributed by atoms with Crippen LogP contribution in [0.2, 0.25) is 0 Å². The number of esters is 1. The van der Waals surface area contributed by atoms with Crippen LogP contribution in [-0.4, -0.2) is 19.0 Å². The fourth-order valence-corrected chi connectivity index (χ4v) is 3.38. The Labute approximate surface area is 194 Å². The van der Waals surface area contributed by atoms with Crippen LogP contribution >= 0.6 is 22.6 Å². The molecule has 156 valence electrons. The molecule has 31 heavy (non-hydrogen) atoms. The van der Waals surface area contributed by atoms with Crippen molar-refractivity contribution in [2.24, 2.45) is 4.99 Å². The molecule has 1 heterocycles. The molecule has 0 bridgehead atoms. The Morgan fingerprint density at radius 3 is 2.45 bits per heavy atom. The van der Waals surface area contributed by atoms with Gasteiger partial charge in [0.1, 0.15) is 6.61 Å². The molecule has 0 aromatic heterocycles. The van der Waals surface area contributed by atoms with Crippen LogP contribution in [0.1, 0.15) is 22.3 Å². The molecule has 0 N–H and O–H groups in total. The van der Waals surface area contributed by atoms with Gasteiger partial charge in [-0.1, -0.05) is 35.9 Å². The summed E-state index contributed by atoms with van der Waals surface area (Å²) in [5.41, 5.74) is 3.96. The van der Waals surface area contributed by atoms with E-state index in [1.54, 1.807) is 13.2 Å². The molecule has 0 spiro atoms. The average Bonchev–Trinajstić information content (AvgIpc) is 3.14. The molecule has 1 aliphatic heterocycles. The van der Waals surface area contributed by atoms with E-state index in [4.69, 9.17) is 14.2 Å². The molecule has 5 nitrogen and oxygen atoms in total. The van der Waals surface area contributed by atoms with E-state index in [0.29, 0.717) is 24.0 Å². The highest BCUT2D eigenvalue weighted by molar-refractivity contribution is 14.1. The number of methoxy groups -OCH3 is 1. The first-order valence-electron chi connectivity index (χ1n) is 9.67. The molecule has 0 aliphatic carbocycles. The SMILES string of the molecule is COc1cc(/C=C2\N=C(c3ccc(C)cc3)OC2=O)ccc1OCc1ccc(I)cc1. The minimum atomic E-state index is -0.478. The van der Waals surface area contributed by atoms with Crippen molar-refractivity contribution in [3.63, 3.8) is 0 Å². The lowest BCUT2D eigenvalue weighted by Gasteiger charge is -2.11. The van der Waals surface area contributed by atoms with E-state index in [1.807, 2.05) is 73.7 Å². The van der Waals surface area contributed by atoms with Gasteiger partial charge < -0.3 is 14.2 Å². The molecule has 6 heteroatoms. The Morgan fingerprint density at radius 1 is 1.00 bits per heavy atom. The molecule has 1 aliphatic rings. The summed E-state index contributed by atoms with van der Waals surface area (Å²) in [6.45, 7) is 2.43. The smallest absolute Gasteiger partial charge is 0.363 e. The Bertz CT molecular complexity index is 1170. The first-order valence-corrected chi connectivity index (χ1v) is 10.7. The minimum absolute atomic E-state index is 0.241. The predicted molar refractivity (Wildman–Crippen MR) is 128 cm³/mol. The van der Waals surface area contributed by atoms with Gasteiger partial charge in [0.25, 0.3) is 0 Å². The molecule has 3 aromatic rings. The summed E-state index contributed by atoms with van der Waals surface area (Å²) in [6.07, 6.45) is 1.68. The maximum Gasteiger partial charge on any atom is 0.363 e. The summed E-state index contributed by atoms with van der Waals surface area (Å²) in [6, 6.07) is 21.3. The fourth-order valence-electron chi connectivity index (χ4n) is 3.02. The van der Waals surface area contributed by atoms with Crippen molar-refractivity contribution in [3.8, 4) is 11.5 Å². The second kappa shape index (κ2) is 9.34. The Hall–Kier alpha value is -3.13. The van der Waals surface area contributed by atoms with Crippen LogP contribution in [-0.2, 0) is 16.1 Å². The first-order chi connectivity index (χ1) is 15.0. The molecule has 3 aromatic carbocycles. The van der Waals surface area contributed by atoms with Crippen LogP contribution in [0, 0.1) is 10.5 Å². The number of nitrogens with zero attached hydrogens (tertiary/aromatic N) is 1. The number of aliphatic imine (C=N–C) groups is 1. The number of carbonyl (C=O) groups is 1. The summed E-state index contributed by atoms with van der Waals surface area (Å²) in [4.78, 5) is 16.6. The fraction of sp³-hybridized carbons (Fsp3) is 0.120. The summed E-state index contributed by atoms with van der Waals surface area (Å²) in [5.74, 6) is 1.03. The van der Waals surface area contributed by atoms with Crippen molar-refractivity contribution < 1.29 is 19.0 Å². The number of hydrogen-bond donors (Lipinski definition) is 0. The van der Waals surface area contributed by atoms with E-state index in [2.05, 4.69) is 27.6 Å². The number of benzene rings is 3. The van der Waals surface area contributed by atoms with Crippen molar-refractivity contribution in [1.29, 1.82) is 0 Å². The molecular weight excluding hydrogens is 505 g/mol. The summed E-state index contributed by atoms with van der Waals surface area (Å²) < 4.78 is 17.9. The number of aryl methyl sites for hydroxylation is 1. The van der Waals surface area contributed by atoms with E-state index in [0.717, 1.165) is 22.3 Å². The molecular formula is C25H20INO4. The van der Waals surface area contributed by atoms with Crippen LogP contribution < -0.4 is 9.47 Å². The highest BCUT2D eigenvalue weighted by atomic mass is 127. The van der Waals surface area contributed by atoms with Crippen LogP contribution in [0.5, 0.6) is 11.5 Å². The minimum Gasteiger partial charge on any atom is -0.493 e. The quantitative estimate of drug-likeness (QED) is 0.241. The summed E-state index contributed by atoms with van der Waals surface area (Å²) in [7, 11) is 1.58. The van der Waals surface area contributed by atoms with Crippen LogP contribution in [0.3, 0.4) is 0 Å². The molecule has 0 amide bonds. The second-order valence-corrected chi connectivity index (χ2v) is 8.27. The maximum absolute atomic E-state index is 12.3. The van der Waals surface area contributed by atoms with Gasteiger partial charge in [-0.15, -0.1) is 0 Å². The van der Waals surface area contributed by atoms with Gasteiger partial charge in [0, 0.05) is 9.13 Å². The maximum atomic E-state index is 12.3. The topological polar surface area (TPSA) is 57.1 Å². The second-order valence-electron chi connectivity index (χ2n) is 7.03. The van der Waals surface area contributed by atoms with E-state index < -0.39 is 5.97 Å². The number of cyclic esters (lactones) is 1. The van der Waals surface area contributed by atoms with Gasteiger partial charge >= 0.3 is 5.97 Å². The van der Waals surface area contributed by atoms with Gasteiger partial charge in [0.2, 0.25) is 5.90 Å². The molecule has 0 unspecified atom stereocenters. The van der Waals surface area contributed by atoms with Gasteiger partial charge in [0.05, 0.1) is 7.11 Å². The monoisotopic (exact) mass is 525 g/mol. The van der Waals surface area contributed by atoms with Crippen LogP contribution in [0.25, 0.3) is 6.08 Å². The summed E-state index contributed by atoms with van der Waals surface area (Å²) >= 11 is 2.27. The Kier molecular flexibility index (Phi) is 6.36. The normalized spacial score (nSPS) is 14.4. The van der Waals surface area contributed by atoms with Crippen molar-refractivity contribution in [3.05, 3.63) is 98.3 Å². The van der Waals surface area contributed by atoms with Gasteiger partial charge in [-0.3, -0.25) is 0 Å². The van der Waals surface area contributed by atoms with E-state index in [-0.39, 0.29) is 5.70 Å². The van der Waals surface area contributed by atoms with Crippen LogP contribution in [0.15, 0.2) is 77.4 Å². The lowest BCUT2D eigenvalue weighted by atomic mass is 10.1. The number of ether oxygens (including phenoxy) is 3. The van der Waals surface area contributed by atoms with E-state index in [1.165, 1.54) is 3.57 Å². The largest absolute Gasteiger partial charge is 0.493 e. The molecule has 0 atom stereocenters. The number of halogens is 1. The zero-order valence-corrected chi connectivity index (χ0v) is 19.3. The van der Waals surface area contributed by atoms with Gasteiger partial charge in [-0.25, -0.2) is 9.79 Å². The molecule has 0 saturated heterocycles. The van der Waals surface area contributed by atoms with Crippen molar-refractivity contribution in [2.75, 3.05) is 7.11 Å². The zero-order valence-electron chi connectivity index (χ0n) is 17.1. The van der Waals surface area contributed by atoms with Gasteiger partial charge in [-0.05, 0) is 83.1 Å². The third kappa shape index (κ3) is 5.14. The van der Waals surface area contributed by atoms with Gasteiger partial charge in [0.15, 0.2) is 17.2 Å². The standard InChI is InChI=1S/C25H20INO4/c1-16-3-8-19(9-4-16)24-27-21(25(28)31-24)13-18-7-12-22(23(14-18)29-2)30-15-17-5-10-20(26)11-6-17/h3-14H,15H2,1-2H3/b21-13-. The van der Waals surface area contributed by atoms with Crippen molar-refractivity contribution in [2.45, 2.75) is 13.5 Å². The Balaban J connectivity index is 1.52. The van der Waals surface area contributed by atoms with Crippen molar-refractivity contribution >= 4 is 40.5 Å². The molecule has 4 rings (SSSR count). The zero-order chi connectivity index (χ0) is 21.8. The number of hydrogen-bond acceptors (Lipinski definition) is 5. The lowest BCUT2D eigenvalue weighted by molar-refractivity contribution is -0.129.